The highest BCUT2D eigenvalue weighted by molar-refractivity contribution is 5.84. The van der Waals surface area contributed by atoms with Crippen molar-refractivity contribution in [2.45, 2.75) is 38.5 Å². The maximum absolute atomic E-state index is 12.1. The number of rotatable bonds is 1. The lowest BCUT2D eigenvalue weighted by Crippen LogP contribution is -2.13. The van der Waals surface area contributed by atoms with E-state index in [1.54, 1.807) is 0 Å². The van der Waals surface area contributed by atoms with Crippen molar-refractivity contribution < 1.29 is 0 Å². The second kappa shape index (κ2) is 3.25. The topological polar surface area (TPSA) is 50.7 Å². The molecule has 2 aromatic rings. The van der Waals surface area contributed by atoms with Crippen molar-refractivity contribution in [3.8, 4) is 0 Å². The van der Waals surface area contributed by atoms with Crippen LogP contribution in [0, 0.1) is 5.92 Å². The Bertz CT molecular complexity index is 706. The molecule has 4 rings (SSSR count). The molecule has 0 aliphatic heterocycles. The minimum Gasteiger partial charge on any atom is -0.307 e. The van der Waals surface area contributed by atoms with Gasteiger partial charge in [-0.05, 0) is 37.2 Å². The molecule has 1 atom stereocenters. The van der Waals surface area contributed by atoms with Gasteiger partial charge in [0.15, 0.2) is 0 Å². The number of fused-ring (bicyclic) bond motifs is 3. The summed E-state index contributed by atoms with van der Waals surface area (Å²) in [6, 6.07) is 0. The van der Waals surface area contributed by atoms with E-state index in [1.165, 1.54) is 29.5 Å². The molecule has 1 fully saturated rings. The smallest absolute Gasteiger partial charge is 0.253 e. The monoisotopic (exact) mass is 243 g/mol. The first-order chi connectivity index (χ1) is 8.65. The van der Waals surface area contributed by atoms with Crippen LogP contribution < -0.4 is 5.56 Å². The zero-order valence-electron chi connectivity index (χ0n) is 10.8. The van der Waals surface area contributed by atoms with Gasteiger partial charge in [0.25, 0.3) is 5.56 Å². The number of aromatic nitrogens is 3. The largest absolute Gasteiger partial charge is 0.307 e. The fourth-order valence-corrected chi connectivity index (χ4v) is 3.31. The number of aryl methyl sites for hydroxylation is 1. The molecule has 0 saturated heterocycles. The Morgan fingerprint density at radius 1 is 1.28 bits per heavy atom. The van der Waals surface area contributed by atoms with Crippen LogP contribution in [-0.4, -0.2) is 14.8 Å². The molecule has 0 spiro atoms. The summed E-state index contributed by atoms with van der Waals surface area (Å²) in [6.45, 7) is 2.22. The Morgan fingerprint density at radius 2 is 2.00 bits per heavy atom. The van der Waals surface area contributed by atoms with Crippen LogP contribution in [0.1, 0.15) is 42.5 Å². The van der Waals surface area contributed by atoms with Crippen LogP contribution >= 0.6 is 0 Å². The fourth-order valence-electron chi connectivity index (χ4n) is 3.31. The van der Waals surface area contributed by atoms with Crippen LogP contribution in [0.15, 0.2) is 4.79 Å². The maximum Gasteiger partial charge on any atom is 0.253 e. The van der Waals surface area contributed by atoms with Crippen LogP contribution in [0.4, 0.5) is 0 Å². The number of aromatic amines is 1. The summed E-state index contributed by atoms with van der Waals surface area (Å²) in [6.07, 6.45) is 4.44. The van der Waals surface area contributed by atoms with Crippen LogP contribution in [0.3, 0.4) is 0 Å². The molecule has 1 saturated carbocycles. The molecule has 2 aromatic heterocycles. The van der Waals surface area contributed by atoms with E-state index in [1.807, 2.05) is 11.7 Å². The van der Waals surface area contributed by atoms with E-state index in [4.69, 9.17) is 0 Å². The average molecular weight is 243 g/mol. The van der Waals surface area contributed by atoms with Gasteiger partial charge in [0, 0.05) is 23.9 Å². The van der Waals surface area contributed by atoms with Gasteiger partial charge in [-0.2, -0.15) is 5.10 Å². The first-order valence-corrected chi connectivity index (χ1v) is 6.75. The van der Waals surface area contributed by atoms with Gasteiger partial charge in [-0.3, -0.25) is 9.48 Å². The van der Waals surface area contributed by atoms with E-state index < -0.39 is 0 Å². The van der Waals surface area contributed by atoms with Crippen LogP contribution in [0.5, 0.6) is 0 Å². The zero-order chi connectivity index (χ0) is 12.4. The molecule has 2 aliphatic rings. The summed E-state index contributed by atoms with van der Waals surface area (Å²) in [5.74, 6) is 1.21. The van der Waals surface area contributed by atoms with Crippen molar-refractivity contribution >= 4 is 11.0 Å². The highest BCUT2D eigenvalue weighted by Gasteiger charge is 2.33. The normalized spacial score (nSPS) is 22.7. The standard InChI is InChI=1S/C14H17N3O/c1-7-5-9-10(6-7)14(18)15-13-11(9)12(8-3-4-8)16-17(13)2/h7-8H,3-6H2,1-2H3,(H,15,18). The molecular formula is C14H17N3O. The average Bonchev–Trinajstić information content (AvgIpc) is 3.01. The predicted molar refractivity (Wildman–Crippen MR) is 69.9 cm³/mol. The van der Waals surface area contributed by atoms with Gasteiger partial charge in [-0.15, -0.1) is 0 Å². The van der Waals surface area contributed by atoms with E-state index in [0.717, 1.165) is 24.1 Å². The van der Waals surface area contributed by atoms with Crippen molar-refractivity contribution in [3.63, 3.8) is 0 Å². The Kier molecular flexibility index (Phi) is 1.87. The molecule has 18 heavy (non-hydrogen) atoms. The van der Waals surface area contributed by atoms with Crippen molar-refractivity contribution in [1.29, 1.82) is 0 Å². The second-order valence-electron chi connectivity index (χ2n) is 5.93. The van der Waals surface area contributed by atoms with Gasteiger partial charge in [-0.25, -0.2) is 0 Å². The first kappa shape index (κ1) is 10.4. The summed E-state index contributed by atoms with van der Waals surface area (Å²) < 4.78 is 1.84. The van der Waals surface area contributed by atoms with E-state index in [-0.39, 0.29) is 5.56 Å². The third-order valence-electron chi connectivity index (χ3n) is 4.32. The number of nitrogens with one attached hydrogen (secondary N) is 1. The maximum atomic E-state index is 12.1. The molecule has 0 bridgehead atoms. The van der Waals surface area contributed by atoms with Crippen molar-refractivity contribution in [2.75, 3.05) is 0 Å². The lowest BCUT2D eigenvalue weighted by atomic mass is 10.0. The van der Waals surface area contributed by atoms with E-state index in [0.29, 0.717) is 11.8 Å². The van der Waals surface area contributed by atoms with E-state index in [2.05, 4.69) is 17.0 Å². The number of hydrogen-bond acceptors (Lipinski definition) is 2. The van der Waals surface area contributed by atoms with Crippen LogP contribution in [0.25, 0.3) is 11.0 Å². The quantitative estimate of drug-likeness (QED) is 0.831. The van der Waals surface area contributed by atoms with Gasteiger partial charge in [0.05, 0.1) is 5.69 Å². The minimum atomic E-state index is 0.0900. The summed E-state index contributed by atoms with van der Waals surface area (Å²) in [5.41, 5.74) is 4.50. The number of nitrogens with zero attached hydrogens (tertiary/aromatic N) is 2. The molecule has 1 N–H and O–H groups in total. The SMILES string of the molecule is CC1Cc2c(c3c(C4CC4)nn(C)c3[nH]c2=O)C1. The Labute approximate surface area is 105 Å². The lowest BCUT2D eigenvalue weighted by Gasteiger charge is -2.02. The fraction of sp³-hybridized carbons (Fsp3) is 0.571. The lowest BCUT2D eigenvalue weighted by molar-refractivity contribution is 0.627. The predicted octanol–water partition coefficient (Wildman–Crippen LogP) is 1.87. The zero-order valence-corrected chi connectivity index (χ0v) is 10.8. The van der Waals surface area contributed by atoms with Crippen molar-refractivity contribution in [1.82, 2.24) is 14.8 Å². The minimum absolute atomic E-state index is 0.0900. The van der Waals surface area contributed by atoms with Crippen LogP contribution in [-0.2, 0) is 19.9 Å². The second-order valence-corrected chi connectivity index (χ2v) is 5.93. The van der Waals surface area contributed by atoms with E-state index >= 15 is 0 Å². The molecular weight excluding hydrogens is 226 g/mol. The molecule has 4 heteroatoms. The highest BCUT2D eigenvalue weighted by Crippen LogP contribution is 2.44. The summed E-state index contributed by atoms with van der Waals surface area (Å²) >= 11 is 0. The third-order valence-corrected chi connectivity index (χ3v) is 4.32. The summed E-state index contributed by atoms with van der Waals surface area (Å²) in [5, 5.41) is 5.89. The van der Waals surface area contributed by atoms with E-state index in [9.17, 15) is 4.79 Å². The molecule has 4 nitrogen and oxygen atoms in total. The van der Waals surface area contributed by atoms with Gasteiger partial charge >= 0.3 is 0 Å². The molecule has 0 aromatic carbocycles. The number of hydrogen-bond donors (Lipinski definition) is 1. The van der Waals surface area contributed by atoms with Gasteiger partial charge < -0.3 is 4.98 Å². The Morgan fingerprint density at radius 3 is 2.72 bits per heavy atom. The Balaban J connectivity index is 2.12. The number of H-pyrrole nitrogens is 1. The first-order valence-electron chi connectivity index (χ1n) is 6.75. The Hall–Kier alpha value is -1.58. The molecule has 2 aliphatic carbocycles. The molecule has 0 radical (unpaired) electrons. The van der Waals surface area contributed by atoms with Gasteiger partial charge in [-0.1, -0.05) is 6.92 Å². The van der Waals surface area contributed by atoms with Crippen LogP contribution in [0.2, 0.25) is 0 Å². The summed E-state index contributed by atoms with van der Waals surface area (Å²) in [7, 11) is 1.93. The highest BCUT2D eigenvalue weighted by atomic mass is 16.1. The molecule has 2 heterocycles. The van der Waals surface area contributed by atoms with Crippen molar-refractivity contribution in [3.05, 3.63) is 27.2 Å². The molecule has 94 valence electrons. The number of pyridine rings is 1. The van der Waals surface area contributed by atoms with Crippen molar-refractivity contribution in [2.24, 2.45) is 13.0 Å². The molecule has 1 unspecified atom stereocenters. The van der Waals surface area contributed by atoms with Gasteiger partial charge in [0.1, 0.15) is 5.65 Å². The summed E-state index contributed by atoms with van der Waals surface area (Å²) in [4.78, 5) is 15.1. The van der Waals surface area contributed by atoms with Gasteiger partial charge in [0.2, 0.25) is 0 Å². The molecule has 0 amide bonds. The third kappa shape index (κ3) is 1.26.